The van der Waals surface area contributed by atoms with Crippen LogP contribution in [0.15, 0.2) is 24.3 Å². The molecule has 20 heavy (non-hydrogen) atoms. The lowest BCUT2D eigenvalue weighted by Crippen LogP contribution is -2.49. The zero-order valence-electron chi connectivity index (χ0n) is 11.7. The van der Waals surface area contributed by atoms with Crippen LogP contribution in [-0.4, -0.2) is 48.2 Å². The molecule has 0 amide bonds. The predicted octanol–water partition coefficient (Wildman–Crippen LogP) is 1.19. The summed E-state index contributed by atoms with van der Waals surface area (Å²) in [6.45, 7) is 5.36. The molecular weight excluding hydrogens is 258 g/mol. The van der Waals surface area contributed by atoms with Crippen LogP contribution in [-0.2, 0) is 11.2 Å². The van der Waals surface area contributed by atoms with Crippen LogP contribution in [0.3, 0.4) is 0 Å². The Hall–Kier alpha value is -1.50. The lowest BCUT2D eigenvalue weighted by atomic mass is 10.1. The minimum Gasteiger partial charge on any atom is -0.374 e. The molecule has 1 aliphatic heterocycles. The Labute approximate surface area is 118 Å². The molecular formula is C14H21N3O3. The van der Waals surface area contributed by atoms with Gasteiger partial charge in [-0.05, 0) is 18.9 Å². The van der Waals surface area contributed by atoms with Crippen LogP contribution in [0.1, 0.15) is 12.5 Å². The van der Waals surface area contributed by atoms with Gasteiger partial charge < -0.3 is 10.5 Å². The summed E-state index contributed by atoms with van der Waals surface area (Å²) in [5.41, 5.74) is 7.11. The van der Waals surface area contributed by atoms with E-state index in [9.17, 15) is 10.1 Å². The van der Waals surface area contributed by atoms with Crippen LogP contribution in [0.4, 0.5) is 5.69 Å². The molecule has 1 heterocycles. The molecule has 2 atom stereocenters. The van der Waals surface area contributed by atoms with Crippen molar-refractivity contribution in [3.63, 3.8) is 0 Å². The molecule has 110 valence electrons. The highest BCUT2D eigenvalue weighted by molar-refractivity contribution is 5.32. The average Bonchev–Trinajstić information content (AvgIpc) is 2.46. The van der Waals surface area contributed by atoms with E-state index in [1.807, 2.05) is 19.1 Å². The molecule has 0 aliphatic carbocycles. The van der Waals surface area contributed by atoms with Gasteiger partial charge in [-0.25, -0.2) is 0 Å². The molecule has 1 fully saturated rings. The maximum Gasteiger partial charge on any atom is 0.269 e. The third kappa shape index (κ3) is 4.00. The summed E-state index contributed by atoms with van der Waals surface area (Å²) in [6.07, 6.45) is 0.976. The number of hydrogen-bond acceptors (Lipinski definition) is 5. The molecule has 1 saturated heterocycles. The van der Waals surface area contributed by atoms with Crippen molar-refractivity contribution in [3.8, 4) is 0 Å². The van der Waals surface area contributed by atoms with Gasteiger partial charge in [-0.1, -0.05) is 12.1 Å². The van der Waals surface area contributed by atoms with Gasteiger partial charge >= 0.3 is 0 Å². The fourth-order valence-electron chi connectivity index (χ4n) is 2.32. The van der Waals surface area contributed by atoms with Crippen molar-refractivity contribution in [2.24, 2.45) is 5.73 Å². The van der Waals surface area contributed by atoms with Crippen molar-refractivity contribution in [1.82, 2.24) is 4.90 Å². The standard InChI is InChI=1S/C14H21N3O3/c1-11(15)14-10-16(8-9-20-14)7-6-12-2-4-13(5-3-12)17(18)19/h2-5,11,14H,6-10,15H2,1H3. The first kappa shape index (κ1) is 14.9. The molecule has 0 aromatic heterocycles. The first-order valence-corrected chi connectivity index (χ1v) is 6.89. The van der Waals surface area contributed by atoms with E-state index < -0.39 is 0 Å². The zero-order valence-corrected chi connectivity index (χ0v) is 11.7. The molecule has 2 unspecified atom stereocenters. The van der Waals surface area contributed by atoms with Gasteiger partial charge in [-0.15, -0.1) is 0 Å². The average molecular weight is 279 g/mol. The molecule has 1 aromatic rings. The Kier molecular flexibility index (Phi) is 5.05. The molecule has 2 rings (SSSR count). The number of non-ortho nitro benzene ring substituents is 1. The monoisotopic (exact) mass is 279 g/mol. The van der Waals surface area contributed by atoms with Gasteiger partial charge in [-0.3, -0.25) is 15.0 Å². The van der Waals surface area contributed by atoms with Gasteiger partial charge in [0.05, 0.1) is 17.6 Å². The van der Waals surface area contributed by atoms with Crippen LogP contribution < -0.4 is 5.73 Å². The number of nitro groups is 1. The summed E-state index contributed by atoms with van der Waals surface area (Å²) in [4.78, 5) is 12.5. The van der Waals surface area contributed by atoms with Gasteiger partial charge in [0.25, 0.3) is 5.69 Å². The SMILES string of the molecule is CC(N)C1CN(CCc2ccc([N+](=O)[O-])cc2)CCO1. The lowest BCUT2D eigenvalue weighted by Gasteiger charge is -2.34. The van der Waals surface area contributed by atoms with E-state index >= 15 is 0 Å². The first-order valence-electron chi connectivity index (χ1n) is 6.89. The second-order valence-corrected chi connectivity index (χ2v) is 5.24. The largest absolute Gasteiger partial charge is 0.374 e. The smallest absolute Gasteiger partial charge is 0.269 e. The molecule has 2 N–H and O–H groups in total. The van der Waals surface area contributed by atoms with Crippen molar-refractivity contribution < 1.29 is 9.66 Å². The fraction of sp³-hybridized carbons (Fsp3) is 0.571. The van der Waals surface area contributed by atoms with Crippen molar-refractivity contribution >= 4 is 5.69 Å². The van der Waals surface area contributed by atoms with Crippen LogP contribution in [0.25, 0.3) is 0 Å². The highest BCUT2D eigenvalue weighted by Gasteiger charge is 2.22. The maximum absolute atomic E-state index is 10.6. The van der Waals surface area contributed by atoms with Gasteiger partial charge in [0, 0.05) is 37.8 Å². The molecule has 6 heteroatoms. The highest BCUT2D eigenvalue weighted by Crippen LogP contribution is 2.13. The van der Waals surface area contributed by atoms with E-state index in [2.05, 4.69) is 4.90 Å². The number of nitrogens with two attached hydrogens (primary N) is 1. The number of ether oxygens (including phenoxy) is 1. The lowest BCUT2D eigenvalue weighted by molar-refractivity contribution is -0.384. The minimum atomic E-state index is -0.376. The zero-order chi connectivity index (χ0) is 14.5. The van der Waals surface area contributed by atoms with Crippen LogP contribution in [0, 0.1) is 10.1 Å². The molecule has 0 bridgehead atoms. The van der Waals surface area contributed by atoms with Gasteiger partial charge in [0.2, 0.25) is 0 Å². The summed E-state index contributed by atoms with van der Waals surface area (Å²) in [5, 5.41) is 10.6. The van der Waals surface area contributed by atoms with E-state index in [-0.39, 0.29) is 22.8 Å². The van der Waals surface area contributed by atoms with Crippen molar-refractivity contribution in [2.45, 2.75) is 25.5 Å². The molecule has 0 spiro atoms. The number of hydrogen-bond donors (Lipinski definition) is 1. The van der Waals surface area contributed by atoms with Gasteiger partial charge in [0.1, 0.15) is 0 Å². The van der Waals surface area contributed by atoms with E-state index in [1.165, 1.54) is 0 Å². The van der Waals surface area contributed by atoms with Crippen LogP contribution in [0.5, 0.6) is 0 Å². The predicted molar refractivity (Wildman–Crippen MR) is 76.6 cm³/mol. The van der Waals surface area contributed by atoms with Crippen molar-refractivity contribution in [3.05, 3.63) is 39.9 Å². The number of benzene rings is 1. The molecule has 0 radical (unpaired) electrons. The molecule has 1 aliphatic rings. The van der Waals surface area contributed by atoms with Crippen molar-refractivity contribution in [2.75, 3.05) is 26.2 Å². The van der Waals surface area contributed by atoms with Gasteiger partial charge in [-0.2, -0.15) is 0 Å². The Morgan fingerprint density at radius 1 is 1.50 bits per heavy atom. The Morgan fingerprint density at radius 3 is 2.80 bits per heavy atom. The number of rotatable bonds is 5. The number of morpholine rings is 1. The Morgan fingerprint density at radius 2 is 2.20 bits per heavy atom. The molecule has 0 saturated carbocycles. The normalized spacial score (nSPS) is 21.6. The van der Waals surface area contributed by atoms with E-state index in [0.717, 1.165) is 31.6 Å². The second kappa shape index (κ2) is 6.78. The second-order valence-electron chi connectivity index (χ2n) is 5.24. The number of nitrogens with zero attached hydrogens (tertiary/aromatic N) is 2. The highest BCUT2D eigenvalue weighted by atomic mass is 16.6. The molecule has 6 nitrogen and oxygen atoms in total. The number of nitro benzene ring substituents is 1. The Bertz CT molecular complexity index is 447. The third-order valence-electron chi connectivity index (χ3n) is 3.63. The maximum atomic E-state index is 10.6. The van der Waals surface area contributed by atoms with Crippen LogP contribution >= 0.6 is 0 Å². The van der Waals surface area contributed by atoms with Gasteiger partial charge in [0.15, 0.2) is 0 Å². The summed E-state index contributed by atoms with van der Waals surface area (Å²) < 4.78 is 5.62. The van der Waals surface area contributed by atoms with E-state index in [1.54, 1.807) is 12.1 Å². The van der Waals surface area contributed by atoms with Crippen LogP contribution in [0.2, 0.25) is 0 Å². The summed E-state index contributed by atoms with van der Waals surface area (Å²) in [6, 6.07) is 6.79. The Balaban J connectivity index is 1.84. The minimum absolute atomic E-state index is 0.0391. The third-order valence-corrected chi connectivity index (χ3v) is 3.63. The summed E-state index contributed by atoms with van der Waals surface area (Å²) in [5.74, 6) is 0. The van der Waals surface area contributed by atoms with E-state index in [4.69, 9.17) is 10.5 Å². The van der Waals surface area contributed by atoms with Crippen molar-refractivity contribution in [1.29, 1.82) is 0 Å². The molecule has 1 aromatic carbocycles. The first-order chi connectivity index (χ1) is 9.56. The summed E-state index contributed by atoms with van der Waals surface area (Å²) in [7, 11) is 0. The quantitative estimate of drug-likeness (QED) is 0.646. The summed E-state index contributed by atoms with van der Waals surface area (Å²) >= 11 is 0. The topological polar surface area (TPSA) is 81.6 Å². The van der Waals surface area contributed by atoms with E-state index in [0.29, 0.717) is 6.61 Å². The fourth-order valence-corrected chi connectivity index (χ4v) is 2.32.